The van der Waals surface area contributed by atoms with Gasteiger partial charge in [-0.1, -0.05) is 0 Å². The van der Waals surface area contributed by atoms with Crippen LogP contribution < -0.4 is 5.73 Å². The summed E-state index contributed by atoms with van der Waals surface area (Å²) in [7, 11) is 0. The van der Waals surface area contributed by atoms with Crippen molar-refractivity contribution in [2.24, 2.45) is 5.73 Å². The van der Waals surface area contributed by atoms with Gasteiger partial charge in [0, 0.05) is 0 Å². The van der Waals surface area contributed by atoms with E-state index in [0.717, 1.165) is 11.3 Å². The molecule has 1 rings (SSSR count). The molecule has 0 aliphatic heterocycles. The summed E-state index contributed by atoms with van der Waals surface area (Å²) in [4.78, 5) is 10.5. The Morgan fingerprint density at radius 3 is 2.56 bits per heavy atom. The van der Waals surface area contributed by atoms with Crippen LogP contribution in [0.2, 0.25) is 0 Å². The van der Waals surface area contributed by atoms with Crippen molar-refractivity contribution in [1.82, 2.24) is 0 Å². The van der Waals surface area contributed by atoms with Crippen LogP contribution >= 0.6 is 11.3 Å². The van der Waals surface area contributed by atoms with E-state index >= 15 is 0 Å². The SMILES string of the molecule is NC(=O)c1ccc(F)s1. The molecule has 1 heterocycles. The zero-order valence-corrected chi connectivity index (χ0v) is 5.24. The van der Waals surface area contributed by atoms with Gasteiger partial charge in [-0.2, -0.15) is 4.39 Å². The summed E-state index contributed by atoms with van der Waals surface area (Å²) < 4.78 is 12.1. The third-order valence-electron chi connectivity index (χ3n) is 0.816. The number of halogens is 1. The molecular formula is C5H4FNOS. The maximum atomic E-state index is 12.1. The number of thiophene rings is 1. The Morgan fingerprint density at radius 2 is 2.33 bits per heavy atom. The minimum absolute atomic E-state index is 0.257. The lowest BCUT2D eigenvalue weighted by molar-refractivity contribution is 0.100. The van der Waals surface area contributed by atoms with Gasteiger partial charge in [-0.15, -0.1) is 11.3 Å². The first-order chi connectivity index (χ1) is 4.20. The molecule has 0 aliphatic rings. The van der Waals surface area contributed by atoms with E-state index in [0.29, 0.717) is 0 Å². The molecule has 0 aliphatic carbocycles. The predicted molar refractivity (Wildman–Crippen MR) is 32.8 cm³/mol. The van der Waals surface area contributed by atoms with E-state index in [1.165, 1.54) is 12.1 Å². The molecule has 4 heteroatoms. The second-order valence-electron chi connectivity index (χ2n) is 1.47. The molecule has 2 nitrogen and oxygen atoms in total. The molecule has 0 aromatic carbocycles. The number of nitrogens with two attached hydrogens (primary N) is 1. The Balaban J connectivity index is 2.98. The molecule has 0 saturated carbocycles. The van der Waals surface area contributed by atoms with E-state index < -0.39 is 5.91 Å². The van der Waals surface area contributed by atoms with Crippen LogP contribution in [0.25, 0.3) is 0 Å². The Labute approximate surface area is 55.1 Å². The molecule has 1 aromatic rings. The fourth-order valence-corrected chi connectivity index (χ4v) is 1.03. The number of primary amides is 1. The Kier molecular flexibility index (Phi) is 1.48. The first-order valence-corrected chi connectivity index (χ1v) is 3.07. The van der Waals surface area contributed by atoms with E-state index in [-0.39, 0.29) is 10.0 Å². The van der Waals surface area contributed by atoms with Crippen molar-refractivity contribution in [2.45, 2.75) is 0 Å². The lowest BCUT2D eigenvalue weighted by atomic mass is 10.5. The lowest BCUT2D eigenvalue weighted by Crippen LogP contribution is -2.07. The normalized spacial score (nSPS) is 9.44. The molecule has 9 heavy (non-hydrogen) atoms. The Bertz CT molecular complexity index is 233. The topological polar surface area (TPSA) is 43.1 Å². The Morgan fingerprint density at radius 1 is 1.67 bits per heavy atom. The molecule has 0 fully saturated rings. The molecule has 0 atom stereocenters. The van der Waals surface area contributed by atoms with Gasteiger partial charge in [0.15, 0.2) is 5.13 Å². The molecule has 2 N–H and O–H groups in total. The van der Waals surface area contributed by atoms with Crippen LogP contribution in [0.1, 0.15) is 9.67 Å². The summed E-state index contributed by atoms with van der Waals surface area (Å²) in [6.07, 6.45) is 0. The molecule has 0 unspecified atom stereocenters. The standard InChI is InChI=1S/C5H4FNOS/c6-4-2-1-3(9-4)5(7)8/h1-2H,(H2,7,8). The van der Waals surface area contributed by atoms with E-state index in [9.17, 15) is 9.18 Å². The fraction of sp³-hybridized carbons (Fsp3) is 0. The summed E-state index contributed by atoms with van der Waals surface area (Å²) in [5.74, 6) is -0.580. The van der Waals surface area contributed by atoms with Gasteiger partial charge in [-0.3, -0.25) is 4.79 Å². The highest BCUT2D eigenvalue weighted by Crippen LogP contribution is 2.12. The van der Waals surface area contributed by atoms with E-state index in [2.05, 4.69) is 0 Å². The van der Waals surface area contributed by atoms with Gasteiger partial charge in [0.2, 0.25) is 0 Å². The average Bonchev–Trinajstić information content (AvgIpc) is 2.14. The third kappa shape index (κ3) is 1.26. The van der Waals surface area contributed by atoms with Crippen LogP contribution in [-0.4, -0.2) is 5.91 Å². The third-order valence-corrected chi connectivity index (χ3v) is 1.70. The van der Waals surface area contributed by atoms with Crippen molar-refractivity contribution in [1.29, 1.82) is 0 Å². The summed E-state index contributed by atoms with van der Waals surface area (Å²) in [6.45, 7) is 0. The molecule has 1 amide bonds. The van der Waals surface area contributed by atoms with Crippen LogP contribution in [0.15, 0.2) is 12.1 Å². The highest BCUT2D eigenvalue weighted by Gasteiger charge is 2.02. The summed E-state index contributed by atoms with van der Waals surface area (Å²) in [5.41, 5.74) is 4.83. The smallest absolute Gasteiger partial charge is 0.258 e. The Hall–Kier alpha value is -0.900. The number of rotatable bonds is 1. The molecular weight excluding hydrogens is 141 g/mol. The molecule has 0 saturated heterocycles. The van der Waals surface area contributed by atoms with Crippen molar-refractivity contribution in [3.05, 3.63) is 22.1 Å². The fourth-order valence-electron chi connectivity index (χ4n) is 0.447. The predicted octanol–water partition coefficient (Wildman–Crippen LogP) is 0.986. The first-order valence-electron chi connectivity index (χ1n) is 2.25. The van der Waals surface area contributed by atoms with Gasteiger partial charge in [0.1, 0.15) is 0 Å². The summed E-state index contributed by atoms with van der Waals surface area (Å²) in [6, 6.07) is 2.58. The van der Waals surface area contributed by atoms with Crippen LogP contribution in [0, 0.1) is 5.13 Å². The van der Waals surface area contributed by atoms with Gasteiger partial charge < -0.3 is 5.73 Å². The number of carbonyl (C=O) groups excluding carboxylic acids is 1. The van der Waals surface area contributed by atoms with Gasteiger partial charge in [-0.05, 0) is 12.1 Å². The highest BCUT2D eigenvalue weighted by molar-refractivity contribution is 7.12. The number of hydrogen-bond acceptors (Lipinski definition) is 2. The van der Waals surface area contributed by atoms with Crippen molar-refractivity contribution in [3.8, 4) is 0 Å². The zero-order valence-electron chi connectivity index (χ0n) is 4.43. The van der Waals surface area contributed by atoms with Crippen LogP contribution in [0.5, 0.6) is 0 Å². The van der Waals surface area contributed by atoms with Gasteiger partial charge >= 0.3 is 0 Å². The van der Waals surface area contributed by atoms with Gasteiger partial charge in [0.25, 0.3) is 5.91 Å². The summed E-state index contributed by atoms with van der Waals surface area (Å²) >= 11 is 0.755. The van der Waals surface area contributed by atoms with Gasteiger partial charge in [0.05, 0.1) is 4.88 Å². The zero-order chi connectivity index (χ0) is 6.85. The largest absolute Gasteiger partial charge is 0.365 e. The van der Waals surface area contributed by atoms with Crippen LogP contribution in [0.4, 0.5) is 4.39 Å². The van der Waals surface area contributed by atoms with Crippen LogP contribution in [-0.2, 0) is 0 Å². The van der Waals surface area contributed by atoms with Crippen molar-refractivity contribution >= 4 is 17.2 Å². The molecule has 0 radical (unpaired) electrons. The second-order valence-corrected chi connectivity index (χ2v) is 2.50. The number of amides is 1. The highest BCUT2D eigenvalue weighted by atomic mass is 32.1. The minimum Gasteiger partial charge on any atom is -0.365 e. The van der Waals surface area contributed by atoms with Gasteiger partial charge in [-0.25, -0.2) is 0 Å². The average molecular weight is 145 g/mol. The van der Waals surface area contributed by atoms with E-state index in [4.69, 9.17) is 5.73 Å². The number of hydrogen-bond donors (Lipinski definition) is 1. The maximum Gasteiger partial charge on any atom is 0.258 e. The minimum atomic E-state index is -0.580. The molecule has 1 aromatic heterocycles. The van der Waals surface area contributed by atoms with E-state index in [1.807, 2.05) is 0 Å². The summed E-state index contributed by atoms with van der Waals surface area (Å²) in [5, 5.41) is -0.385. The monoisotopic (exact) mass is 145 g/mol. The van der Waals surface area contributed by atoms with E-state index in [1.54, 1.807) is 0 Å². The first kappa shape index (κ1) is 6.22. The quantitative estimate of drug-likeness (QED) is 0.629. The van der Waals surface area contributed by atoms with Crippen molar-refractivity contribution in [3.63, 3.8) is 0 Å². The molecule has 48 valence electrons. The number of carbonyl (C=O) groups is 1. The lowest BCUT2D eigenvalue weighted by Gasteiger charge is -1.80. The van der Waals surface area contributed by atoms with Crippen molar-refractivity contribution < 1.29 is 9.18 Å². The molecule has 0 bridgehead atoms. The second kappa shape index (κ2) is 2.14. The van der Waals surface area contributed by atoms with Crippen molar-refractivity contribution in [2.75, 3.05) is 0 Å². The van der Waals surface area contributed by atoms with Crippen LogP contribution in [0.3, 0.4) is 0 Å². The molecule has 0 spiro atoms. The maximum absolute atomic E-state index is 12.1.